The molecule has 14 heteroatoms. The monoisotopic (exact) mass is 848 g/mol. The number of benzene rings is 4. The molecule has 4 heterocycles. The quantitative estimate of drug-likeness (QED) is 0.108. The number of carbonyl (C=O) groups excluding carboxylic acids is 4. The zero-order chi connectivity index (χ0) is 43.8. The molecular formula is C49H52N8O6. The molecule has 0 bridgehead atoms. The van der Waals surface area contributed by atoms with Crippen molar-refractivity contribution in [3.8, 4) is 33.6 Å². The van der Waals surface area contributed by atoms with Crippen LogP contribution in [0.1, 0.15) is 74.4 Å². The number of fused-ring (bicyclic) bond motifs is 2. The number of aromatic amines is 2. The molecule has 2 aromatic heterocycles. The Hall–Kier alpha value is -6.96. The third-order valence-electron chi connectivity index (χ3n) is 13.0. The highest BCUT2D eigenvalue weighted by Crippen LogP contribution is 2.39. The maximum Gasteiger partial charge on any atom is 0.407 e. The summed E-state index contributed by atoms with van der Waals surface area (Å²) in [7, 11) is 2.61. The van der Waals surface area contributed by atoms with Crippen molar-refractivity contribution in [1.82, 2.24) is 40.4 Å². The van der Waals surface area contributed by atoms with Crippen LogP contribution in [0.2, 0.25) is 0 Å². The van der Waals surface area contributed by atoms with Gasteiger partial charge in [0, 0.05) is 31.5 Å². The summed E-state index contributed by atoms with van der Waals surface area (Å²) in [4.78, 5) is 72.8. The molecular weight excluding hydrogens is 797 g/mol. The van der Waals surface area contributed by atoms with E-state index in [0.717, 1.165) is 92.9 Å². The lowest BCUT2D eigenvalue weighted by molar-refractivity contribution is -0.139. The third kappa shape index (κ3) is 8.01. The van der Waals surface area contributed by atoms with Gasteiger partial charge in [-0.3, -0.25) is 9.59 Å². The molecule has 0 spiro atoms. The molecule has 4 N–H and O–H groups in total. The van der Waals surface area contributed by atoms with Crippen LogP contribution in [0.15, 0.2) is 97.3 Å². The first-order valence-electron chi connectivity index (χ1n) is 21.7. The standard InChI is InChI=1S/C49H52N8O6/c1-29(2)42(54-47(60)62-3)45(58)56-21-7-11-40(56)43-51-28-39(53-43)35-20-19-33-23-32(17-18-34(33)24-35)30-13-15-31(16-14-30)38-27-50-44(52-38)41-12-8-22-57(41)46(59)49(55-48(61)63-4)25-36-9-5-6-10-37(36)26-49/h5-6,9-10,13-20,23-24,27-29,40-42H,7-8,11-12,21-22,25-26H2,1-4H3,(H,50,52)(H,51,53)(H,54,60)(H,55,61)/t40-,41?,42-/m0/s1. The van der Waals surface area contributed by atoms with Crippen molar-refractivity contribution < 1.29 is 28.7 Å². The van der Waals surface area contributed by atoms with Crippen LogP contribution in [-0.2, 0) is 31.9 Å². The normalized spacial score (nSPS) is 18.4. The Labute approximate surface area is 365 Å². The van der Waals surface area contributed by atoms with Gasteiger partial charge in [0.15, 0.2) is 0 Å². The first-order chi connectivity index (χ1) is 30.5. The second-order valence-electron chi connectivity index (χ2n) is 17.2. The Balaban J connectivity index is 0.875. The molecule has 2 aliphatic heterocycles. The van der Waals surface area contributed by atoms with E-state index in [4.69, 9.17) is 19.4 Å². The first-order valence-corrected chi connectivity index (χ1v) is 21.7. The topological polar surface area (TPSA) is 175 Å². The second kappa shape index (κ2) is 17.1. The number of hydrogen-bond donors (Lipinski definition) is 4. The van der Waals surface area contributed by atoms with Crippen LogP contribution in [0.5, 0.6) is 0 Å². The fourth-order valence-electron chi connectivity index (χ4n) is 9.66. The van der Waals surface area contributed by atoms with E-state index in [0.29, 0.717) is 25.9 Å². The number of nitrogens with one attached hydrogen (secondary N) is 4. The van der Waals surface area contributed by atoms with Gasteiger partial charge in [0.1, 0.15) is 23.2 Å². The molecule has 3 atom stereocenters. The molecule has 63 heavy (non-hydrogen) atoms. The Morgan fingerprint density at radius 2 is 1.21 bits per heavy atom. The Morgan fingerprint density at radius 3 is 1.81 bits per heavy atom. The van der Waals surface area contributed by atoms with Gasteiger partial charge in [-0.25, -0.2) is 19.6 Å². The second-order valence-corrected chi connectivity index (χ2v) is 17.2. The Morgan fingerprint density at radius 1 is 0.683 bits per heavy atom. The summed E-state index contributed by atoms with van der Waals surface area (Å²) < 4.78 is 9.74. The van der Waals surface area contributed by atoms with Gasteiger partial charge < -0.3 is 39.9 Å². The molecule has 1 unspecified atom stereocenters. The summed E-state index contributed by atoms with van der Waals surface area (Å²) in [6, 6.07) is 27.9. The van der Waals surface area contributed by atoms with Gasteiger partial charge in [0.05, 0.1) is 50.1 Å². The highest BCUT2D eigenvalue weighted by Gasteiger charge is 2.50. The molecule has 0 saturated carbocycles. The maximum atomic E-state index is 14.4. The minimum atomic E-state index is -1.12. The van der Waals surface area contributed by atoms with Gasteiger partial charge in [-0.2, -0.15) is 0 Å². The molecule has 324 valence electrons. The van der Waals surface area contributed by atoms with Crippen LogP contribution in [0.25, 0.3) is 44.4 Å². The molecule has 9 rings (SSSR count). The predicted octanol–water partition coefficient (Wildman–Crippen LogP) is 7.89. The van der Waals surface area contributed by atoms with Gasteiger partial charge in [-0.05, 0) is 82.3 Å². The molecule has 2 fully saturated rings. The average molecular weight is 849 g/mol. The number of rotatable bonds is 10. The van der Waals surface area contributed by atoms with E-state index in [2.05, 4.69) is 81.3 Å². The zero-order valence-electron chi connectivity index (χ0n) is 35.9. The minimum Gasteiger partial charge on any atom is -0.453 e. The van der Waals surface area contributed by atoms with Crippen molar-refractivity contribution in [2.24, 2.45) is 5.92 Å². The fraction of sp³-hybridized carbons (Fsp3) is 0.347. The van der Waals surface area contributed by atoms with Crippen LogP contribution in [0, 0.1) is 5.92 Å². The lowest BCUT2D eigenvalue weighted by Gasteiger charge is -2.35. The molecule has 1 aliphatic carbocycles. The molecule has 4 amide bonds. The average Bonchev–Trinajstić information content (AvgIpc) is 4.16. The van der Waals surface area contributed by atoms with Gasteiger partial charge in [0.2, 0.25) is 11.8 Å². The molecule has 2 saturated heterocycles. The van der Waals surface area contributed by atoms with Gasteiger partial charge >= 0.3 is 12.2 Å². The number of carbonyl (C=O) groups is 4. The van der Waals surface area contributed by atoms with Crippen LogP contribution in [-0.4, -0.2) is 92.6 Å². The lowest BCUT2D eigenvalue weighted by atomic mass is 9.93. The highest BCUT2D eigenvalue weighted by atomic mass is 16.5. The van der Waals surface area contributed by atoms with Crippen LogP contribution >= 0.6 is 0 Å². The van der Waals surface area contributed by atoms with Crippen molar-refractivity contribution in [3.05, 3.63) is 120 Å². The number of likely N-dealkylation sites (tertiary alicyclic amines) is 2. The van der Waals surface area contributed by atoms with Gasteiger partial charge in [-0.1, -0.05) is 86.6 Å². The largest absolute Gasteiger partial charge is 0.453 e. The van der Waals surface area contributed by atoms with Gasteiger partial charge in [-0.15, -0.1) is 0 Å². The van der Waals surface area contributed by atoms with E-state index in [-0.39, 0.29) is 29.8 Å². The van der Waals surface area contributed by atoms with E-state index in [9.17, 15) is 19.2 Å². The fourth-order valence-corrected chi connectivity index (χ4v) is 9.66. The Bertz CT molecular complexity index is 2660. The van der Waals surface area contributed by atoms with Crippen molar-refractivity contribution >= 4 is 34.8 Å². The van der Waals surface area contributed by atoms with Crippen LogP contribution in [0.3, 0.4) is 0 Å². The van der Waals surface area contributed by atoms with Gasteiger partial charge in [0.25, 0.3) is 0 Å². The van der Waals surface area contributed by atoms with Crippen molar-refractivity contribution in [3.63, 3.8) is 0 Å². The van der Waals surface area contributed by atoms with Crippen LogP contribution in [0.4, 0.5) is 9.59 Å². The molecule has 3 aliphatic rings. The summed E-state index contributed by atoms with van der Waals surface area (Å²) in [5.74, 6) is 1.09. The van der Waals surface area contributed by atoms with E-state index in [1.165, 1.54) is 14.2 Å². The number of H-pyrrole nitrogens is 2. The number of aromatic nitrogens is 4. The minimum absolute atomic E-state index is 0.108. The van der Waals surface area contributed by atoms with Crippen molar-refractivity contribution in [2.45, 2.75) is 76.0 Å². The summed E-state index contributed by atoms with van der Waals surface area (Å²) in [5, 5.41) is 7.82. The number of hydrogen-bond acceptors (Lipinski definition) is 8. The molecule has 14 nitrogen and oxygen atoms in total. The lowest BCUT2D eigenvalue weighted by Crippen LogP contribution is -2.60. The predicted molar refractivity (Wildman–Crippen MR) is 238 cm³/mol. The maximum absolute atomic E-state index is 14.4. The van der Waals surface area contributed by atoms with E-state index < -0.39 is 23.8 Å². The number of alkyl carbamates (subject to hydrolysis) is 2. The molecule has 0 radical (unpaired) electrons. The SMILES string of the molecule is COC(=O)N[C@H](C(=O)N1CCC[C@H]1c1ncc(-c2ccc3cc(-c4ccc(-c5cnc(C6CCCN6C(=O)C6(NC(=O)OC)Cc7ccccc7C6)[nH]5)cc4)ccc3c2)[nH]1)C(C)C. The number of ether oxygens (including phenoxy) is 2. The highest BCUT2D eigenvalue weighted by molar-refractivity contribution is 5.93. The first kappa shape index (κ1) is 41.4. The smallest absolute Gasteiger partial charge is 0.407 e. The van der Waals surface area contributed by atoms with Crippen molar-refractivity contribution in [1.29, 1.82) is 0 Å². The zero-order valence-corrected chi connectivity index (χ0v) is 35.9. The summed E-state index contributed by atoms with van der Waals surface area (Å²) in [5.41, 5.74) is 6.86. The summed E-state index contributed by atoms with van der Waals surface area (Å²) >= 11 is 0. The number of imidazole rings is 2. The van der Waals surface area contributed by atoms with Crippen LogP contribution < -0.4 is 10.6 Å². The number of methoxy groups -OCH3 is 2. The number of amides is 4. The Kier molecular flexibility index (Phi) is 11.2. The van der Waals surface area contributed by atoms with E-state index in [1.54, 1.807) is 0 Å². The van der Waals surface area contributed by atoms with E-state index in [1.807, 2.05) is 60.3 Å². The molecule has 4 aromatic carbocycles. The summed E-state index contributed by atoms with van der Waals surface area (Å²) in [6.45, 7) is 4.98. The molecule has 6 aromatic rings. The van der Waals surface area contributed by atoms with Crippen molar-refractivity contribution in [2.75, 3.05) is 27.3 Å². The third-order valence-corrected chi connectivity index (χ3v) is 13.0. The number of nitrogens with zero attached hydrogens (tertiary/aromatic N) is 4. The van der Waals surface area contributed by atoms with E-state index >= 15 is 0 Å². The summed E-state index contributed by atoms with van der Waals surface area (Å²) in [6.07, 6.45) is 6.45.